The van der Waals surface area contributed by atoms with Crippen LogP contribution in [0, 0.1) is 0 Å². The number of esters is 1. The van der Waals surface area contributed by atoms with Crippen molar-refractivity contribution in [1.82, 2.24) is 15.1 Å². The minimum Gasteiger partial charge on any atom is -0.466 e. The Bertz CT molecular complexity index is 298. The van der Waals surface area contributed by atoms with Crippen LogP contribution in [-0.2, 0) is 16.1 Å². The maximum atomic E-state index is 11.2. The number of nitrogens with one attached hydrogen (secondary N) is 1. The van der Waals surface area contributed by atoms with Crippen molar-refractivity contribution in [3.05, 3.63) is 18.5 Å². The highest BCUT2D eigenvalue weighted by Crippen LogP contribution is 1.94. The van der Waals surface area contributed by atoms with Crippen molar-refractivity contribution in [1.29, 1.82) is 0 Å². The molecule has 0 saturated carbocycles. The Hall–Kier alpha value is -1.36. The molecule has 0 fully saturated rings. The van der Waals surface area contributed by atoms with E-state index in [2.05, 4.69) is 10.4 Å². The fraction of sp³-hybridized carbons (Fsp3) is 0.636. The normalized spacial score (nSPS) is 12.4. The first-order valence-corrected chi connectivity index (χ1v) is 5.58. The van der Waals surface area contributed by atoms with Crippen LogP contribution in [0.1, 0.15) is 20.3 Å². The lowest BCUT2D eigenvalue weighted by Crippen LogP contribution is -2.31. The summed E-state index contributed by atoms with van der Waals surface area (Å²) in [6.45, 7) is 5.83. The number of hydrogen-bond donors (Lipinski definition) is 1. The zero-order chi connectivity index (χ0) is 11.8. The minimum atomic E-state index is -0.151. The van der Waals surface area contributed by atoms with Crippen LogP contribution in [0.4, 0.5) is 0 Å². The van der Waals surface area contributed by atoms with Gasteiger partial charge in [0.05, 0.1) is 19.6 Å². The second-order valence-electron chi connectivity index (χ2n) is 3.63. The predicted molar refractivity (Wildman–Crippen MR) is 60.9 cm³/mol. The summed E-state index contributed by atoms with van der Waals surface area (Å²) in [7, 11) is 0. The standard InChI is InChI=1S/C11H19N3O2/c1-3-16-11(15)9-10(2)12-6-8-14-7-4-5-13-14/h4-5,7,10,12H,3,6,8-9H2,1-2H3. The van der Waals surface area contributed by atoms with Crippen molar-refractivity contribution in [2.45, 2.75) is 32.9 Å². The molecule has 1 aromatic heterocycles. The minimum absolute atomic E-state index is 0.134. The van der Waals surface area contributed by atoms with E-state index in [1.807, 2.05) is 30.8 Å². The van der Waals surface area contributed by atoms with E-state index in [-0.39, 0.29) is 12.0 Å². The summed E-state index contributed by atoms with van der Waals surface area (Å²) in [6.07, 6.45) is 4.08. The van der Waals surface area contributed by atoms with Crippen LogP contribution in [0.5, 0.6) is 0 Å². The molecule has 1 aromatic rings. The molecule has 1 atom stereocenters. The number of aromatic nitrogens is 2. The van der Waals surface area contributed by atoms with Gasteiger partial charge in [0.2, 0.25) is 0 Å². The third-order valence-corrected chi connectivity index (χ3v) is 2.17. The Morgan fingerprint density at radius 3 is 3.06 bits per heavy atom. The molecule has 1 heterocycles. The summed E-state index contributed by atoms with van der Waals surface area (Å²) in [5.74, 6) is -0.151. The fourth-order valence-electron chi connectivity index (χ4n) is 1.40. The molecule has 0 saturated heterocycles. The van der Waals surface area contributed by atoms with Gasteiger partial charge in [0.15, 0.2) is 0 Å². The summed E-state index contributed by atoms with van der Waals surface area (Å²) >= 11 is 0. The number of rotatable bonds is 7. The quantitative estimate of drug-likeness (QED) is 0.698. The van der Waals surface area contributed by atoms with E-state index in [4.69, 9.17) is 4.74 Å². The van der Waals surface area contributed by atoms with Crippen LogP contribution in [0.15, 0.2) is 18.5 Å². The Morgan fingerprint density at radius 2 is 2.44 bits per heavy atom. The van der Waals surface area contributed by atoms with Gasteiger partial charge in [0.1, 0.15) is 0 Å². The number of hydrogen-bond acceptors (Lipinski definition) is 4. The molecule has 5 nitrogen and oxygen atoms in total. The highest BCUT2D eigenvalue weighted by atomic mass is 16.5. The molecule has 0 aliphatic heterocycles. The number of carbonyl (C=O) groups excluding carboxylic acids is 1. The molecule has 0 bridgehead atoms. The molecule has 90 valence electrons. The first kappa shape index (κ1) is 12.7. The van der Waals surface area contributed by atoms with Gasteiger partial charge in [-0.3, -0.25) is 9.48 Å². The van der Waals surface area contributed by atoms with Gasteiger partial charge in [-0.15, -0.1) is 0 Å². The molecule has 1 N–H and O–H groups in total. The molecule has 0 aliphatic carbocycles. The van der Waals surface area contributed by atoms with E-state index in [9.17, 15) is 4.79 Å². The molecule has 0 amide bonds. The highest BCUT2D eigenvalue weighted by Gasteiger charge is 2.08. The number of ether oxygens (including phenoxy) is 1. The molecular weight excluding hydrogens is 206 g/mol. The summed E-state index contributed by atoms with van der Waals surface area (Å²) in [5.41, 5.74) is 0. The molecular formula is C11H19N3O2. The topological polar surface area (TPSA) is 56.1 Å². The van der Waals surface area contributed by atoms with Crippen LogP contribution >= 0.6 is 0 Å². The SMILES string of the molecule is CCOC(=O)CC(C)NCCn1cccn1. The van der Waals surface area contributed by atoms with Gasteiger partial charge in [-0.1, -0.05) is 0 Å². The van der Waals surface area contributed by atoms with Crippen molar-refractivity contribution in [2.24, 2.45) is 0 Å². The maximum Gasteiger partial charge on any atom is 0.307 e. The monoisotopic (exact) mass is 225 g/mol. The molecule has 1 rings (SSSR count). The van der Waals surface area contributed by atoms with Gasteiger partial charge in [0.25, 0.3) is 0 Å². The van der Waals surface area contributed by atoms with E-state index in [1.165, 1.54) is 0 Å². The van der Waals surface area contributed by atoms with Gasteiger partial charge in [-0.05, 0) is 19.9 Å². The number of nitrogens with zero attached hydrogens (tertiary/aromatic N) is 2. The van der Waals surface area contributed by atoms with Crippen molar-refractivity contribution in [3.63, 3.8) is 0 Å². The lowest BCUT2D eigenvalue weighted by molar-refractivity contribution is -0.143. The average Bonchev–Trinajstić information content (AvgIpc) is 2.70. The third-order valence-electron chi connectivity index (χ3n) is 2.17. The second kappa shape index (κ2) is 7.00. The van der Waals surface area contributed by atoms with Gasteiger partial charge in [-0.2, -0.15) is 5.10 Å². The smallest absolute Gasteiger partial charge is 0.307 e. The van der Waals surface area contributed by atoms with Crippen molar-refractivity contribution < 1.29 is 9.53 Å². The summed E-state index contributed by atoms with van der Waals surface area (Å²) in [5, 5.41) is 7.34. The van der Waals surface area contributed by atoms with Gasteiger partial charge >= 0.3 is 5.97 Å². The van der Waals surface area contributed by atoms with Gasteiger partial charge < -0.3 is 10.1 Å². The van der Waals surface area contributed by atoms with Crippen molar-refractivity contribution in [2.75, 3.05) is 13.2 Å². The zero-order valence-electron chi connectivity index (χ0n) is 9.85. The largest absolute Gasteiger partial charge is 0.466 e. The molecule has 5 heteroatoms. The lowest BCUT2D eigenvalue weighted by atomic mass is 10.2. The zero-order valence-corrected chi connectivity index (χ0v) is 9.85. The lowest BCUT2D eigenvalue weighted by Gasteiger charge is -2.12. The van der Waals surface area contributed by atoms with E-state index in [1.54, 1.807) is 6.20 Å². The molecule has 0 aliphatic rings. The highest BCUT2D eigenvalue weighted by molar-refractivity contribution is 5.69. The van der Waals surface area contributed by atoms with Crippen LogP contribution in [0.3, 0.4) is 0 Å². The van der Waals surface area contributed by atoms with Crippen LogP contribution in [0.25, 0.3) is 0 Å². The van der Waals surface area contributed by atoms with Crippen LogP contribution < -0.4 is 5.32 Å². The Morgan fingerprint density at radius 1 is 1.62 bits per heavy atom. The Labute approximate surface area is 95.8 Å². The number of carbonyl (C=O) groups is 1. The van der Waals surface area contributed by atoms with E-state index in [0.717, 1.165) is 13.1 Å². The molecule has 16 heavy (non-hydrogen) atoms. The first-order chi connectivity index (χ1) is 7.72. The Balaban J connectivity index is 2.10. The van der Waals surface area contributed by atoms with Crippen LogP contribution in [0.2, 0.25) is 0 Å². The van der Waals surface area contributed by atoms with Crippen molar-refractivity contribution in [3.8, 4) is 0 Å². The van der Waals surface area contributed by atoms with E-state index >= 15 is 0 Å². The second-order valence-corrected chi connectivity index (χ2v) is 3.63. The van der Waals surface area contributed by atoms with Crippen molar-refractivity contribution >= 4 is 5.97 Å². The summed E-state index contributed by atoms with van der Waals surface area (Å²) < 4.78 is 6.72. The first-order valence-electron chi connectivity index (χ1n) is 5.58. The van der Waals surface area contributed by atoms with Gasteiger partial charge in [0, 0.05) is 25.0 Å². The average molecular weight is 225 g/mol. The van der Waals surface area contributed by atoms with Gasteiger partial charge in [-0.25, -0.2) is 0 Å². The van der Waals surface area contributed by atoms with E-state index < -0.39 is 0 Å². The maximum absolute atomic E-state index is 11.2. The molecule has 0 radical (unpaired) electrons. The van der Waals surface area contributed by atoms with E-state index in [0.29, 0.717) is 13.0 Å². The predicted octanol–water partition coefficient (Wildman–Crippen LogP) is 0.814. The fourth-order valence-corrected chi connectivity index (χ4v) is 1.40. The molecule has 1 unspecified atom stereocenters. The third kappa shape index (κ3) is 4.93. The summed E-state index contributed by atoms with van der Waals surface area (Å²) in [6, 6.07) is 2.02. The molecule has 0 spiro atoms. The van der Waals surface area contributed by atoms with Crippen LogP contribution in [-0.4, -0.2) is 34.9 Å². The summed E-state index contributed by atoms with van der Waals surface area (Å²) in [4.78, 5) is 11.2. The molecule has 0 aromatic carbocycles. The Kier molecular flexibility index (Phi) is 5.56.